The van der Waals surface area contributed by atoms with E-state index >= 15 is 0 Å². The zero-order valence-corrected chi connectivity index (χ0v) is 19.1. The van der Waals surface area contributed by atoms with Gasteiger partial charge in [-0.25, -0.2) is 0 Å². The molecule has 0 aliphatic carbocycles. The number of allylic oxidation sites excluding steroid dienone is 2. The van der Waals surface area contributed by atoms with Gasteiger partial charge in [-0.2, -0.15) is 0 Å². The molecular formula is C26H30O6. The molecule has 6 heteroatoms. The summed E-state index contributed by atoms with van der Waals surface area (Å²) in [6.07, 6.45) is 5.49. The Hall–Kier alpha value is -3.38. The van der Waals surface area contributed by atoms with E-state index in [4.69, 9.17) is 18.9 Å². The largest absolute Gasteiger partial charge is 0.496 e. The van der Waals surface area contributed by atoms with Crippen LogP contribution < -0.4 is 14.2 Å². The molecule has 0 saturated heterocycles. The fourth-order valence-electron chi connectivity index (χ4n) is 3.02. The molecule has 0 heterocycles. The van der Waals surface area contributed by atoms with Crippen LogP contribution in [0, 0.1) is 0 Å². The molecule has 2 aromatic carbocycles. The minimum atomic E-state index is 0.252. The number of carbonyl (C=O) groups is 2. The first-order valence-corrected chi connectivity index (χ1v) is 10.5. The van der Waals surface area contributed by atoms with Crippen molar-refractivity contribution in [2.45, 2.75) is 26.9 Å². The SMILES string of the molecule is CCCOc1ccc(/C=C(C=O)/C(C=O)=C/c2ccc(COCC)c(OC)c2)cc1OC. The van der Waals surface area contributed by atoms with Crippen molar-refractivity contribution in [1.82, 2.24) is 0 Å². The Kier molecular flexibility index (Phi) is 10.2. The van der Waals surface area contributed by atoms with Gasteiger partial charge in [0.15, 0.2) is 24.1 Å². The molecule has 2 aromatic rings. The highest BCUT2D eigenvalue weighted by atomic mass is 16.5. The van der Waals surface area contributed by atoms with Crippen LogP contribution in [0.3, 0.4) is 0 Å². The summed E-state index contributed by atoms with van der Waals surface area (Å²) in [6.45, 7) is 5.56. The van der Waals surface area contributed by atoms with Crippen LogP contribution in [0.25, 0.3) is 12.2 Å². The van der Waals surface area contributed by atoms with E-state index in [1.54, 1.807) is 38.5 Å². The third-order valence-electron chi connectivity index (χ3n) is 4.65. The van der Waals surface area contributed by atoms with Gasteiger partial charge in [0.05, 0.1) is 27.4 Å². The first-order valence-electron chi connectivity index (χ1n) is 10.5. The molecule has 170 valence electrons. The van der Waals surface area contributed by atoms with Crippen molar-refractivity contribution in [2.24, 2.45) is 0 Å². The number of rotatable bonds is 13. The Labute approximate surface area is 189 Å². The molecule has 0 aliphatic heterocycles. The Morgan fingerprint density at radius 2 is 1.41 bits per heavy atom. The highest BCUT2D eigenvalue weighted by Crippen LogP contribution is 2.30. The topological polar surface area (TPSA) is 71.1 Å². The predicted molar refractivity (Wildman–Crippen MR) is 125 cm³/mol. The zero-order valence-electron chi connectivity index (χ0n) is 19.1. The summed E-state index contributed by atoms with van der Waals surface area (Å²) in [5.74, 6) is 1.84. The summed E-state index contributed by atoms with van der Waals surface area (Å²) in [5.41, 5.74) is 2.86. The second-order valence-electron chi connectivity index (χ2n) is 6.90. The molecule has 0 aromatic heterocycles. The fourth-order valence-corrected chi connectivity index (χ4v) is 3.02. The van der Waals surface area contributed by atoms with Crippen LogP contribution in [-0.4, -0.2) is 40.0 Å². The smallest absolute Gasteiger partial charge is 0.161 e. The molecule has 6 nitrogen and oxygen atoms in total. The van der Waals surface area contributed by atoms with Crippen molar-refractivity contribution in [3.8, 4) is 17.2 Å². The van der Waals surface area contributed by atoms with Crippen molar-refractivity contribution in [3.05, 3.63) is 64.2 Å². The summed E-state index contributed by atoms with van der Waals surface area (Å²) in [4.78, 5) is 23.6. The van der Waals surface area contributed by atoms with E-state index in [1.807, 2.05) is 38.1 Å². The molecule has 0 amide bonds. The third-order valence-corrected chi connectivity index (χ3v) is 4.65. The van der Waals surface area contributed by atoms with Crippen molar-refractivity contribution in [1.29, 1.82) is 0 Å². The van der Waals surface area contributed by atoms with E-state index in [-0.39, 0.29) is 11.1 Å². The number of hydrogen-bond donors (Lipinski definition) is 0. The lowest BCUT2D eigenvalue weighted by Gasteiger charge is -2.11. The van der Waals surface area contributed by atoms with E-state index in [0.29, 0.717) is 55.2 Å². The molecule has 0 radical (unpaired) electrons. The van der Waals surface area contributed by atoms with Gasteiger partial charge in [0, 0.05) is 23.3 Å². The number of methoxy groups -OCH3 is 2. The minimum absolute atomic E-state index is 0.252. The average Bonchev–Trinajstić information content (AvgIpc) is 2.83. The summed E-state index contributed by atoms with van der Waals surface area (Å²) >= 11 is 0. The molecule has 0 atom stereocenters. The molecule has 0 N–H and O–H groups in total. The van der Waals surface area contributed by atoms with Crippen LogP contribution in [-0.2, 0) is 20.9 Å². The monoisotopic (exact) mass is 438 g/mol. The molecule has 0 bridgehead atoms. The van der Waals surface area contributed by atoms with Gasteiger partial charge in [0.1, 0.15) is 5.75 Å². The van der Waals surface area contributed by atoms with Gasteiger partial charge in [-0.3, -0.25) is 9.59 Å². The van der Waals surface area contributed by atoms with Crippen molar-refractivity contribution >= 4 is 24.7 Å². The fraction of sp³-hybridized carbons (Fsp3) is 0.308. The number of ether oxygens (including phenoxy) is 4. The van der Waals surface area contributed by atoms with E-state index < -0.39 is 0 Å². The molecular weight excluding hydrogens is 408 g/mol. The minimum Gasteiger partial charge on any atom is -0.496 e. The lowest BCUT2D eigenvalue weighted by atomic mass is 10.0. The number of hydrogen-bond acceptors (Lipinski definition) is 6. The van der Waals surface area contributed by atoms with E-state index in [2.05, 4.69) is 0 Å². The molecule has 2 rings (SSSR count). The third kappa shape index (κ3) is 6.82. The van der Waals surface area contributed by atoms with Gasteiger partial charge < -0.3 is 18.9 Å². The summed E-state index contributed by atoms with van der Waals surface area (Å²) in [5, 5.41) is 0. The summed E-state index contributed by atoms with van der Waals surface area (Å²) in [6, 6.07) is 10.9. The molecule has 32 heavy (non-hydrogen) atoms. The maximum absolute atomic E-state index is 11.8. The standard InChI is InChI=1S/C26H30O6/c1-5-11-32-24-10-8-20(15-26(24)30-4)13-23(17-28)22(16-27)12-19-7-9-21(18-31-6-2)25(14-19)29-3/h7-10,12-17H,5-6,11,18H2,1-4H3/b22-12+,23-13+. The Balaban J connectivity index is 2.37. The molecule has 0 saturated carbocycles. The van der Waals surface area contributed by atoms with Crippen LogP contribution in [0.15, 0.2) is 47.5 Å². The highest BCUT2D eigenvalue weighted by molar-refractivity contribution is 6.02. The van der Waals surface area contributed by atoms with Crippen molar-refractivity contribution in [2.75, 3.05) is 27.4 Å². The quantitative estimate of drug-likeness (QED) is 0.252. The maximum Gasteiger partial charge on any atom is 0.161 e. The van der Waals surface area contributed by atoms with E-state index in [9.17, 15) is 9.59 Å². The predicted octanol–water partition coefficient (Wildman–Crippen LogP) is 4.89. The Bertz CT molecular complexity index is 895. The van der Waals surface area contributed by atoms with E-state index in [1.165, 1.54) is 0 Å². The first kappa shape index (κ1) is 24.9. The van der Waals surface area contributed by atoms with Crippen LogP contribution in [0.5, 0.6) is 17.2 Å². The van der Waals surface area contributed by atoms with Gasteiger partial charge >= 0.3 is 0 Å². The number of carbonyl (C=O) groups excluding carboxylic acids is 2. The Morgan fingerprint density at radius 1 is 0.812 bits per heavy atom. The number of benzene rings is 2. The first-order chi connectivity index (χ1) is 15.6. The zero-order chi connectivity index (χ0) is 23.3. The average molecular weight is 439 g/mol. The second-order valence-corrected chi connectivity index (χ2v) is 6.90. The van der Waals surface area contributed by atoms with E-state index in [0.717, 1.165) is 17.5 Å². The molecule has 0 fully saturated rings. The Morgan fingerprint density at radius 3 is 1.94 bits per heavy atom. The van der Waals surface area contributed by atoms with Crippen LogP contribution in [0.1, 0.15) is 37.0 Å². The van der Waals surface area contributed by atoms with Crippen molar-refractivity contribution in [3.63, 3.8) is 0 Å². The van der Waals surface area contributed by atoms with Gasteiger partial charge in [-0.15, -0.1) is 0 Å². The van der Waals surface area contributed by atoms with Gasteiger partial charge in [0.2, 0.25) is 0 Å². The van der Waals surface area contributed by atoms with Crippen LogP contribution in [0.4, 0.5) is 0 Å². The van der Waals surface area contributed by atoms with Crippen LogP contribution >= 0.6 is 0 Å². The molecule has 0 unspecified atom stereocenters. The lowest BCUT2D eigenvalue weighted by Crippen LogP contribution is -1.98. The molecule has 0 spiro atoms. The summed E-state index contributed by atoms with van der Waals surface area (Å²) in [7, 11) is 3.14. The number of aldehydes is 2. The van der Waals surface area contributed by atoms with Gasteiger partial charge in [-0.05, 0) is 54.8 Å². The second kappa shape index (κ2) is 13.1. The van der Waals surface area contributed by atoms with Crippen molar-refractivity contribution < 1.29 is 28.5 Å². The normalized spacial score (nSPS) is 11.8. The summed E-state index contributed by atoms with van der Waals surface area (Å²) < 4.78 is 21.9. The molecule has 0 aliphatic rings. The lowest BCUT2D eigenvalue weighted by molar-refractivity contribution is -0.107. The van der Waals surface area contributed by atoms with Crippen LogP contribution in [0.2, 0.25) is 0 Å². The highest BCUT2D eigenvalue weighted by Gasteiger charge is 2.09. The van der Waals surface area contributed by atoms with Gasteiger partial charge in [-0.1, -0.05) is 25.1 Å². The maximum atomic E-state index is 11.8. The van der Waals surface area contributed by atoms with Gasteiger partial charge in [0.25, 0.3) is 0 Å².